The zero-order valence-corrected chi connectivity index (χ0v) is 7.01. The molecule has 3 nitrogen and oxygen atoms in total. The second-order valence-electron chi connectivity index (χ2n) is 3.79. The SMILES string of the molecule is CC(C)(C)Cc1coc(=O)o1. The van der Waals surface area contributed by atoms with Crippen molar-refractivity contribution in [1.29, 1.82) is 0 Å². The molecule has 11 heavy (non-hydrogen) atoms. The summed E-state index contributed by atoms with van der Waals surface area (Å²) in [5.74, 6) is -0.00764. The Balaban J connectivity index is 2.73. The second-order valence-corrected chi connectivity index (χ2v) is 3.79. The van der Waals surface area contributed by atoms with Gasteiger partial charge in [0.2, 0.25) is 0 Å². The lowest BCUT2D eigenvalue weighted by Crippen LogP contribution is -2.08. The molecule has 0 spiro atoms. The van der Waals surface area contributed by atoms with Crippen LogP contribution in [0.25, 0.3) is 0 Å². The van der Waals surface area contributed by atoms with Gasteiger partial charge in [-0.2, -0.15) is 0 Å². The molecule has 1 heterocycles. The van der Waals surface area contributed by atoms with Crippen molar-refractivity contribution in [2.45, 2.75) is 27.2 Å². The van der Waals surface area contributed by atoms with Gasteiger partial charge in [-0.1, -0.05) is 20.8 Å². The summed E-state index contributed by atoms with van der Waals surface area (Å²) in [5.41, 5.74) is 0.125. The van der Waals surface area contributed by atoms with Crippen molar-refractivity contribution >= 4 is 0 Å². The van der Waals surface area contributed by atoms with Crippen LogP contribution in [0.3, 0.4) is 0 Å². The highest BCUT2D eigenvalue weighted by atomic mass is 16.6. The third kappa shape index (κ3) is 2.62. The summed E-state index contributed by atoms with van der Waals surface area (Å²) in [5, 5.41) is 0. The molecule has 0 aliphatic carbocycles. The predicted molar refractivity (Wildman–Crippen MR) is 40.4 cm³/mol. The van der Waals surface area contributed by atoms with Crippen molar-refractivity contribution in [3.8, 4) is 0 Å². The lowest BCUT2D eigenvalue weighted by molar-refractivity contribution is 0.335. The van der Waals surface area contributed by atoms with Crippen LogP contribution >= 0.6 is 0 Å². The summed E-state index contributed by atoms with van der Waals surface area (Å²) in [4.78, 5) is 10.4. The van der Waals surface area contributed by atoms with Crippen molar-refractivity contribution < 1.29 is 8.83 Å². The van der Waals surface area contributed by atoms with Crippen molar-refractivity contribution in [2.75, 3.05) is 0 Å². The van der Waals surface area contributed by atoms with Crippen molar-refractivity contribution in [3.05, 3.63) is 22.6 Å². The van der Waals surface area contributed by atoms with Gasteiger partial charge in [0, 0.05) is 6.42 Å². The summed E-state index contributed by atoms with van der Waals surface area (Å²) < 4.78 is 9.23. The third-order valence-corrected chi connectivity index (χ3v) is 1.21. The van der Waals surface area contributed by atoms with Gasteiger partial charge < -0.3 is 8.83 Å². The molecule has 0 unspecified atom stereocenters. The molecule has 1 aromatic rings. The topological polar surface area (TPSA) is 43.4 Å². The monoisotopic (exact) mass is 156 g/mol. The fraction of sp³-hybridized carbons (Fsp3) is 0.625. The van der Waals surface area contributed by atoms with Gasteiger partial charge in [-0.3, -0.25) is 0 Å². The number of rotatable bonds is 1. The Morgan fingerprint density at radius 1 is 1.45 bits per heavy atom. The molecule has 0 amide bonds. The van der Waals surface area contributed by atoms with E-state index >= 15 is 0 Å². The Bertz CT molecular complexity index is 274. The highest BCUT2D eigenvalue weighted by molar-refractivity contribution is 4.89. The standard InChI is InChI=1S/C8H12O3/c1-8(2,3)4-6-5-10-7(9)11-6/h5H,4H2,1-3H3. The summed E-state index contributed by atoms with van der Waals surface area (Å²) in [6.07, 6.45) is 2.09. The minimum atomic E-state index is -0.621. The zero-order chi connectivity index (χ0) is 8.48. The third-order valence-electron chi connectivity index (χ3n) is 1.21. The smallest absolute Gasteiger partial charge is 0.399 e. The van der Waals surface area contributed by atoms with Gasteiger partial charge in [0.25, 0.3) is 0 Å². The number of hydrogen-bond donors (Lipinski definition) is 0. The van der Waals surface area contributed by atoms with E-state index in [4.69, 9.17) is 4.42 Å². The van der Waals surface area contributed by atoms with E-state index < -0.39 is 5.82 Å². The lowest BCUT2D eigenvalue weighted by Gasteiger charge is -2.14. The molecule has 0 radical (unpaired) electrons. The summed E-state index contributed by atoms with van der Waals surface area (Å²) in [6, 6.07) is 0. The quantitative estimate of drug-likeness (QED) is 0.622. The first-order chi connectivity index (χ1) is 4.97. The zero-order valence-electron chi connectivity index (χ0n) is 7.01. The van der Waals surface area contributed by atoms with Crippen molar-refractivity contribution in [1.82, 2.24) is 0 Å². The van der Waals surface area contributed by atoms with Gasteiger partial charge in [0.1, 0.15) is 12.0 Å². The van der Waals surface area contributed by atoms with E-state index in [-0.39, 0.29) is 5.41 Å². The maximum Gasteiger partial charge on any atom is 0.518 e. The first kappa shape index (κ1) is 8.11. The molecular weight excluding hydrogens is 144 g/mol. The molecule has 0 N–H and O–H groups in total. The van der Waals surface area contributed by atoms with Gasteiger partial charge in [0.05, 0.1) is 0 Å². The molecule has 1 aromatic heterocycles. The van der Waals surface area contributed by atoms with E-state index in [9.17, 15) is 4.79 Å². The van der Waals surface area contributed by atoms with Crippen LogP contribution in [0.2, 0.25) is 0 Å². The Labute approximate surface area is 65.0 Å². The highest BCUT2D eigenvalue weighted by Gasteiger charge is 2.14. The van der Waals surface area contributed by atoms with Crippen LogP contribution in [-0.4, -0.2) is 0 Å². The minimum Gasteiger partial charge on any atom is -0.399 e. The fourth-order valence-electron chi connectivity index (χ4n) is 0.869. The summed E-state index contributed by atoms with van der Waals surface area (Å²) in [6.45, 7) is 6.21. The van der Waals surface area contributed by atoms with E-state index in [2.05, 4.69) is 25.2 Å². The normalized spacial score (nSPS) is 11.9. The Kier molecular flexibility index (Phi) is 1.89. The largest absolute Gasteiger partial charge is 0.518 e. The average Bonchev–Trinajstić information content (AvgIpc) is 2.10. The number of hydrogen-bond acceptors (Lipinski definition) is 3. The van der Waals surface area contributed by atoms with Crippen LogP contribution in [-0.2, 0) is 6.42 Å². The van der Waals surface area contributed by atoms with Crippen molar-refractivity contribution in [2.24, 2.45) is 5.41 Å². The van der Waals surface area contributed by atoms with Gasteiger partial charge >= 0.3 is 5.82 Å². The molecule has 3 heteroatoms. The molecule has 0 atom stereocenters. The van der Waals surface area contributed by atoms with Gasteiger partial charge in [-0.15, -0.1) is 0 Å². The predicted octanol–water partition coefficient (Wildman–Crippen LogP) is 1.82. The molecule has 0 fully saturated rings. The van der Waals surface area contributed by atoms with Crippen LogP contribution in [0.1, 0.15) is 26.5 Å². The van der Waals surface area contributed by atoms with Crippen LogP contribution in [0.5, 0.6) is 0 Å². The van der Waals surface area contributed by atoms with Gasteiger partial charge in [-0.05, 0) is 5.41 Å². The Morgan fingerprint density at radius 3 is 2.45 bits per heavy atom. The van der Waals surface area contributed by atoms with E-state index in [0.29, 0.717) is 5.76 Å². The molecule has 62 valence electrons. The van der Waals surface area contributed by atoms with E-state index in [1.165, 1.54) is 6.26 Å². The molecule has 0 saturated carbocycles. The van der Waals surface area contributed by atoms with E-state index in [1.54, 1.807) is 0 Å². The van der Waals surface area contributed by atoms with E-state index in [0.717, 1.165) is 6.42 Å². The molecule has 0 aromatic carbocycles. The summed E-state index contributed by atoms with van der Waals surface area (Å²) in [7, 11) is 0. The first-order valence-corrected chi connectivity index (χ1v) is 3.55. The van der Waals surface area contributed by atoms with Gasteiger partial charge in [-0.25, -0.2) is 4.79 Å². The molecule has 0 aliphatic rings. The van der Waals surface area contributed by atoms with Crippen LogP contribution in [0.4, 0.5) is 0 Å². The summed E-state index contributed by atoms with van der Waals surface area (Å²) >= 11 is 0. The van der Waals surface area contributed by atoms with Crippen LogP contribution < -0.4 is 5.82 Å². The fourth-order valence-corrected chi connectivity index (χ4v) is 0.869. The molecule has 0 bridgehead atoms. The Hall–Kier alpha value is -0.990. The maximum atomic E-state index is 10.4. The minimum absolute atomic E-state index is 0.125. The highest BCUT2D eigenvalue weighted by Crippen LogP contribution is 2.19. The Morgan fingerprint density at radius 2 is 2.09 bits per heavy atom. The lowest BCUT2D eigenvalue weighted by atomic mass is 9.91. The molecule has 1 rings (SSSR count). The second kappa shape index (κ2) is 2.57. The molecular formula is C8H12O3. The maximum absolute atomic E-state index is 10.4. The molecule has 0 aliphatic heterocycles. The van der Waals surface area contributed by atoms with Crippen LogP contribution in [0, 0.1) is 5.41 Å². The van der Waals surface area contributed by atoms with Crippen molar-refractivity contribution in [3.63, 3.8) is 0 Å². The van der Waals surface area contributed by atoms with Gasteiger partial charge in [0.15, 0.2) is 0 Å². The molecule has 0 saturated heterocycles. The van der Waals surface area contributed by atoms with Crippen LogP contribution in [0.15, 0.2) is 19.9 Å². The average molecular weight is 156 g/mol. The van der Waals surface area contributed by atoms with E-state index in [1.807, 2.05) is 0 Å². The first-order valence-electron chi connectivity index (χ1n) is 3.55.